The zero-order chi connectivity index (χ0) is 13.8. The third-order valence-electron chi connectivity index (χ3n) is 3.70. The molecule has 1 heterocycles. The molecule has 1 fully saturated rings. The first-order chi connectivity index (χ1) is 9.17. The van der Waals surface area contributed by atoms with Gasteiger partial charge in [-0.05, 0) is 11.5 Å². The van der Waals surface area contributed by atoms with Gasteiger partial charge >= 0.3 is 5.97 Å². The van der Waals surface area contributed by atoms with Crippen molar-refractivity contribution >= 4 is 11.9 Å². The van der Waals surface area contributed by atoms with Crippen molar-refractivity contribution in [3.63, 3.8) is 0 Å². The Balaban J connectivity index is 2.12. The van der Waals surface area contributed by atoms with Gasteiger partial charge in [-0.25, -0.2) is 0 Å². The van der Waals surface area contributed by atoms with Crippen molar-refractivity contribution in [2.24, 2.45) is 11.8 Å². The Morgan fingerprint density at radius 3 is 2.63 bits per heavy atom. The van der Waals surface area contributed by atoms with Gasteiger partial charge in [0.2, 0.25) is 5.91 Å². The number of amides is 1. The predicted molar refractivity (Wildman–Crippen MR) is 71.1 cm³/mol. The Bertz CT molecular complexity index is 458. The van der Waals surface area contributed by atoms with Gasteiger partial charge in [-0.2, -0.15) is 0 Å². The molecular formula is C15H19NO3. The molecule has 2 unspecified atom stereocenters. The van der Waals surface area contributed by atoms with Gasteiger partial charge in [0.1, 0.15) is 5.92 Å². The number of carbonyl (C=O) groups excluding carboxylic acids is 2. The van der Waals surface area contributed by atoms with Crippen LogP contribution in [0, 0.1) is 11.8 Å². The van der Waals surface area contributed by atoms with Crippen LogP contribution in [0.1, 0.15) is 18.9 Å². The summed E-state index contributed by atoms with van der Waals surface area (Å²) in [4.78, 5) is 25.8. The number of benzene rings is 1. The lowest BCUT2D eigenvalue weighted by molar-refractivity contribution is -0.151. The van der Waals surface area contributed by atoms with Gasteiger partial charge in [0, 0.05) is 13.1 Å². The minimum Gasteiger partial charge on any atom is -0.468 e. The molecule has 0 spiro atoms. The molecule has 2 atom stereocenters. The van der Waals surface area contributed by atoms with Crippen LogP contribution in [0.5, 0.6) is 0 Å². The standard InChI is InChI=1S/C15H19NO3/c1-3-12-10-16(9-11-7-5-4-6-8-11)14(17)13(12)15(18)19-2/h4-8,12-13H,3,9-10H2,1-2H3. The zero-order valence-corrected chi connectivity index (χ0v) is 11.3. The third kappa shape index (κ3) is 2.78. The molecule has 0 radical (unpaired) electrons. The summed E-state index contributed by atoms with van der Waals surface area (Å²) in [7, 11) is 1.34. The Kier molecular flexibility index (Phi) is 4.20. The van der Waals surface area contributed by atoms with Crippen molar-refractivity contribution in [2.45, 2.75) is 19.9 Å². The van der Waals surface area contributed by atoms with Gasteiger partial charge in [-0.1, -0.05) is 43.7 Å². The number of esters is 1. The number of hydrogen-bond donors (Lipinski definition) is 0. The van der Waals surface area contributed by atoms with Crippen LogP contribution in [0.3, 0.4) is 0 Å². The molecule has 0 saturated carbocycles. The molecule has 1 aliphatic heterocycles. The average molecular weight is 261 g/mol. The number of likely N-dealkylation sites (tertiary alicyclic amines) is 1. The summed E-state index contributed by atoms with van der Waals surface area (Å²) in [6.45, 7) is 3.19. The Morgan fingerprint density at radius 2 is 2.05 bits per heavy atom. The lowest BCUT2D eigenvalue weighted by atomic mass is 9.93. The van der Waals surface area contributed by atoms with Crippen molar-refractivity contribution in [1.82, 2.24) is 4.90 Å². The van der Waals surface area contributed by atoms with Gasteiger partial charge in [-0.15, -0.1) is 0 Å². The molecule has 19 heavy (non-hydrogen) atoms. The summed E-state index contributed by atoms with van der Waals surface area (Å²) < 4.78 is 4.75. The summed E-state index contributed by atoms with van der Waals surface area (Å²) in [5.74, 6) is -1.09. The van der Waals surface area contributed by atoms with E-state index < -0.39 is 11.9 Å². The first-order valence-corrected chi connectivity index (χ1v) is 6.58. The first-order valence-electron chi connectivity index (χ1n) is 6.58. The van der Waals surface area contributed by atoms with Crippen LogP contribution in [0.2, 0.25) is 0 Å². The Morgan fingerprint density at radius 1 is 1.37 bits per heavy atom. The highest BCUT2D eigenvalue weighted by Crippen LogP contribution is 2.29. The van der Waals surface area contributed by atoms with Crippen LogP contribution < -0.4 is 0 Å². The summed E-state index contributed by atoms with van der Waals surface area (Å²) >= 11 is 0. The topological polar surface area (TPSA) is 46.6 Å². The molecule has 102 valence electrons. The SMILES string of the molecule is CCC1CN(Cc2ccccc2)C(=O)C1C(=O)OC. The molecule has 0 bridgehead atoms. The van der Waals surface area contributed by atoms with E-state index in [1.807, 2.05) is 37.3 Å². The smallest absolute Gasteiger partial charge is 0.318 e. The summed E-state index contributed by atoms with van der Waals surface area (Å²) in [5, 5.41) is 0. The second kappa shape index (κ2) is 5.87. The van der Waals surface area contributed by atoms with E-state index in [1.54, 1.807) is 4.90 Å². The van der Waals surface area contributed by atoms with Crippen LogP contribution in [0.15, 0.2) is 30.3 Å². The fraction of sp³-hybridized carbons (Fsp3) is 0.467. The van der Waals surface area contributed by atoms with Crippen LogP contribution >= 0.6 is 0 Å². The van der Waals surface area contributed by atoms with E-state index in [1.165, 1.54) is 7.11 Å². The monoisotopic (exact) mass is 261 g/mol. The molecule has 1 aliphatic rings. The molecule has 0 aromatic heterocycles. The molecule has 0 aliphatic carbocycles. The predicted octanol–water partition coefficient (Wildman–Crippen LogP) is 1.84. The summed E-state index contributed by atoms with van der Waals surface area (Å²) in [5.41, 5.74) is 1.08. The molecule has 1 amide bonds. The normalized spacial score (nSPS) is 22.6. The number of ether oxygens (including phenoxy) is 1. The fourth-order valence-electron chi connectivity index (χ4n) is 2.61. The van der Waals surface area contributed by atoms with Gasteiger partial charge in [0.25, 0.3) is 0 Å². The van der Waals surface area contributed by atoms with Crippen molar-refractivity contribution in [1.29, 1.82) is 0 Å². The van der Waals surface area contributed by atoms with Crippen LogP contribution in [-0.2, 0) is 20.9 Å². The van der Waals surface area contributed by atoms with Crippen LogP contribution in [-0.4, -0.2) is 30.4 Å². The minimum absolute atomic E-state index is 0.0589. The number of carbonyl (C=O) groups is 2. The molecule has 1 aromatic carbocycles. The molecule has 4 heteroatoms. The van der Waals surface area contributed by atoms with Gasteiger partial charge < -0.3 is 9.64 Å². The number of nitrogens with zero attached hydrogens (tertiary/aromatic N) is 1. The number of rotatable bonds is 4. The van der Waals surface area contributed by atoms with E-state index in [0.717, 1.165) is 12.0 Å². The largest absolute Gasteiger partial charge is 0.468 e. The number of hydrogen-bond acceptors (Lipinski definition) is 3. The minimum atomic E-state index is -0.626. The molecule has 1 aromatic rings. The molecular weight excluding hydrogens is 242 g/mol. The van der Waals surface area contributed by atoms with E-state index >= 15 is 0 Å². The maximum atomic E-state index is 12.3. The lowest BCUT2D eigenvalue weighted by Crippen LogP contribution is -2.31. The zero-order valence-electron chi connectivity index (χ0n) is 11.3. The second-order valence-electron chi connectivity index (χ2n) is 4.87. The summed E-state index contributed by atoms with van der Waals surface area (Å²) in [6.07, 6.45) is 0.802. The van der Waals surface area contributed by atoms with Crippen molar-refractivity contribution < 1.29 is 14.3 Å². The van der Waals surface area contributed by atoms with Crippen molar-refractivity contribution in [2.75, 3.05) is 13.7 Å². The third-order valence-corrected chi connectivity index (χ3v) is 3.70. The molecule has 2 rings (SSSR count). The van der Waals surface area contributed by atoms with Crippen molar-refractivity contribution in [3.05, 3.63) is 35.9 Å². The summed E-state index contributed by atoms with van der Waals surface area (Å²) in [6, 6.07) is 9.82. The lowest BCUT2D eigenvalue weighted by Gasteiger charge is -2.16. The first kappa shape index (κ1) is 13.6. The van der Waals surface area contributed by atoms with Gasteiger partial charge in [0.15, 0.2) is 0 Å². The highest BCUT2D eigenvalue weighted by Gasteiger charge is 2.44. The quantitative estimate of drug-likeness (QED) is 0.614. The molecule has 1 saturated heterocycles. The van der Waals surface area contributed by atoms with Gasteiger partial charge in [-0.3, -0.25) is 9.59 Å². The van der Waals surface area contributed by atoms with E-state index in [2.05, 4.69) is 0 Å². The Hall–Kier alpha value is -1.84. The molecule has 4 nitrogen and oxygen atoms in total. The maximum absolute atomic E-state index is 12.3. The maximum Gasteiger partial charge on any atom is 0.318 e. The second-order valence-corrected chi connectivity index (χ2v) is 4.87. The van der Waals surface area contributed by atoms with E-state index in [9.17, 15) is 9.59 Å². The van der Waals surface area contributed by atoms with E-state index in [4.69, 9.17) is 4.74 Å². The Labute approximate surface area is 113 Å². The molecule has 0 N–H and O–H groups in total. The van der Waals surface area contributed by atoms with E-state index in [-0.39, 0.29) is 11.8 Å². The van der Waals surface area contributed by atoms with Crippen molar-refractivity contribution in [3.8, 4) is 0 Å². The number of methoxy groups -OCH3 is 1. The highest BCUT2D eigenvalue weighted by molar-refractivity contribution is 5.99. The van der Waals surface area contributed by atoms with E-state index in [0.29, 0.717) is 13.1 Å². The average Bonchev–Trinajstić information content (AvgIpc) is 2.76. The fourth-order valence-corrected chi connectivity index (χ4v) is 2.61. The van der Waals surface area contributed by atoms with Crippen LogP contribution in [0.25, 0.3) is 0 Å². The van der Waals surface area contributed by atoms with Gasteiger partial charge in [0.05, 0.1) is 7.11 Å². The van der Waals surface area contributed by atoms with Crippen LogP contribution in [0.4, 0.5) is 0 Å². The highest BCUT2D eigenvalue weighted by atomic mass is 16.5.